The highest BCUT2D eigenvalue weighted by molar-refractivity contribution is 6.30. The van der Waals surface area contributed by atoms with Crippen molar-refractivity contribution in [2.75, 3.05) is 19.6 Å². The van der Waals surface area contributed by atoms with Crippen molar-refractivity contribution in [1.82, 2.24) is 10.2 Å². The molecule has 2 rings (SSSR count). The number of urea groups is 1. The zero-order valence-corrected chi connectivity index (χ0v) is 13.2. The average molecular weight is 325 g/mol. The molecule has 2 N–H and O–H groups in total. The molecule has 1 fully saturated rings. The smallest absolute Gasteiger partial charge is 0.317 e. The lowest BCUT2D eigenvalue weighted by molar-refractivity contribution is -0.143. The topological polar surface area (TPSA) is 69.6 Å². The van der Waals surface area contributed by atoms with Crippen LogP contribution in [0.4, 0.5) is 4.79 Å². The Hall–Kier alpha value is -1.75. The van der Waals surface area contributed by atoms with Gasteiger partial charge in [-0.2, -0.15) is 0 Å². The highest BCUT2D eigenvalue weighted by Gasteiger charge is 2.27. The Morgan fingerprint density at radius 3 is 2.95 bits per heavy atom. The second-order valence-corrected chi connectivity index (χ2v) is 6.03. The number of amides is 2. The summed E-state index contributed by atoms with van der Waals surface area (Å²) < 4.78 is 0. The maximum Gasteiger partial charge on any atom is 0.317 e. The number of halogens is 1. The largest absolute Gasteiger partial charge is 0.481 e. The van der Waals surface area contributed by atoms with Gasteiger partial charge in [-0.3, -0.25) is 4.79 Å². The van der Waals surface area contributed by atoms with Gasteiger partial charge in [0, 0.05) is 24.7 Å². The minimum atomic E-state index is -0.821. The molecule has 6 heteroatoms. The number of nitrogens with zero attached hydrogens (tertiary/aromatic N) is 1. The summed E-state index contributed by atoms with van der Waals surface area (Å²) in [6.45, 7) is 1.50. The van der Waals surface area contributed by atoms with Gasteiger partial charge in [-0.1, -0.05) is 23.7 Å². The third-order valence-corrected chi connectivity index (χ3v) is 4.10. The molecule has 1 aliphatic rings. The first-order valence-electron chi connectivity index (χ1n) is 7.56. The molecule has 1 aliphatic heterocycles. The summed E-state index contributed by atoms with van der Waals surface area (Å²) in [6, 6.07) is 7.51. The molecule has 1 aromatic rings. The maximum absolute atomic E-state index is 12.0. The van der Waals surface area contributed by atoms with Crippen molar-refractivity contribution in [3.8, 4) is 0 Å². The Kier molecular flexibility index (Phi) is 6.07. The molecular weight excluding hydrogens is 304 g/mol. The van der Waals surface area contributed by atoms with Crippen LogP contribution in [-0.4, -0.2) is 41.6 Å². The summed E-state index contributed by atoms with van der Waals surface area (Å²) in [5.41, 5.74) is 1.14. The Labute approximate surface area is 135 Å². The third kappa shape index (κ3) is 4.91. The second-order valence-electron chi connectivity index (χ2n) is 5.59. The van der Waals surface area contributed by atoms with Crippen molar-refractivity contribution in [3.05, 3.63) is 34.9 Å². The molecule has 22 heavy (non-hydrogen) atoms. The van der Waals surface area contributed by atoms with Gasteiger partial charge in [-0.25, -0.2) is 4.79 Å². The van der Waals surface area contributed by atoms with E-state index in [0.717, 1.165) is 29.8 Å². The first kappa shape index (κ1) is 16.6. The zero-order valence-electron chi connectivity index (χ0n) is 12.4. The van der Waals surface area contributed by atoms with Gasteiger partial charge < -0.3 is 15.3 Å². The number of aryl methyl sites for hydroxylation is 1. The Bertz CT molecular complexity index is 536. The summed E-state index contributed by atoms with van der Waals surface area (Å²) in [4.78, 5) is 24.6. The van der Waals surface area contributed by atoms with Crippen LogP contribution in [0.2, 0.25) is 5.02 Å². The lowest BCUT2D eigenvalue weighted by atomic mass is 9.99. The normalized spacial score (nSPS) is 18.0. The van der Waals surface area contributed by atoms with E-state index in [1.807, 2.05) is 24.3 Å². The van der Waals surface area contributed by atoms with Crippen molar-refractivity contribution in [2.45, 2.75) is 25.7 Å². The maximum atomic E-state index is 12.0. The first-order valence-corrected chi connectivity index (χ1v) is 7.94. The number of hydrogen-bond donors (Lipinski definition) is 2. The molecule has 1 unspecified atom stereocenters. The number of aliphatic carboxylic acids is 1. The van der Waals surface area contributed by atoms with Crippen molar-refractivity contribution < 1.29 is 14.7 Å². The third-order valence-electron chi connectivity index (χ3n) is 3.87. The van der Waals surface area contributed by atoms with E-state index in [-0.39, 0.29) is 6.03 Å². The molecule has 0 radical (unpaired) electrons. The quantitative estimate of drug-likeness (QED) is 0.818. The van der Waals surface area contributed by atoms with E-state index in [1.54, 1.807) is 4.90 Å². The number of likely N-dealkylation sites (tertiary alicyclic amines) is 1. The summed E-state index contributed by atoms with van der Waals surface area (Å²) in [5.74, 6) is -1.26. The van der Waals surface area contributed by atoms with Crippen LogP contribution in [0.1, 0.15) is 24.8 Å². The van der Waals surface area contributed by atoms with Crippen molar-refractivity contribution >= 4 is 23.6 Å². The van der Waals surface area contributed by atoms with Crippen LogP contribution in [0.25, 0.3) is 0 Å². The fourth-order valence-electron chi connectivity index (χ4n) is 2.66. The van der Waals surface area contributed by atoms with Gasteiger partial charge in [-0.05, 0) is 43.4 Å². The summed E-state index contributed by atoms with van der Waals surface area (Å²) in [5, 5.41) is 12.6. The minimum Gasteiger partial charge on any atom is -0.481 e. The standard InChI is InChI=1S/C16H21ClN2O3/c17-14-7-1-4-12(10-14)5-2-8-18-16(22)19-9-3-6-13(11-19)15(20)21/h1,4,7,10,13H,2-3,5-6,8-9,11H2,(H,18,22)(H,20,21). The van der Waals surface area contributed by atoms with Crippen LogP contribution in [-0.2, 0) is 11.2 Å². The average Bonchev–Trinajstić information content (AvgIpc) is 2.51. The molecule has 1 heterocycles. The molecule has 5 nitrogen and oxygen atoms in total. The van der Waals surface area contributed by atoms with Gasteiger partial charge in [-0.15, -0.1) is 0 Å². The second kappa shape index (κ2) is 8.03. The molecule has 0 saturated carbocycles. The van der Waals surface area contributed by atoms with Crippen LogP contribution >= 0.6 is 11.6 Å². The fraction of sp³-hybridized carbons (Fsp3) is 0.500. The molecule has 0 aromatic heterocycles. The molecule has 1 saturated heterocycles. The number of carboxylic acids is 1. The van der Waals surface area contributed by atoms with E-state index >= 15 is 0 Å². The summed E-state index contributed by atoms with van der Waals surface area (Å²) in [7, 11) is 0. The van der Waals surface area contributed by atoms with Crippen molar-refractivity contribution in [2.24, 2.45) is 5.92 Å². The molecule has 2 amide bonds. The first-order chi connectivity index (χ1) is 10.6. The molecule has 1 atom stereocenters. The van der Waals surface area contributed by atoms with E-state index < -0.39 is 11.9 Å². The number of carboxylic acid groups (broad SMARTS) is 1. The molecule has 0 bridgehead atoms. The van der Waals surface area contributed by atoms with Crippen LogP contribution in [0, 0.1) is 5.92 Å². The Balaban J connectivity index is 1.70. The lowest BCUT2D eigenvalue weighted by Gasteiger charge is -2.30. The molecule has 1 aromatic carbocycles. The van der Waals surface area contributed by atoms with Crippen LogP contribution in [0.3, 0.4) is 0 Å². The SMILES string of the molecule is O=C(O)C1CCCN(C(=O)NCCCc2cccc(Cl)c2)C1. The predicted molar refractivity (Wildman–Crippen MR) is 85.1 cm³/mol. The number of carbonyl (C=O) groups excluding carboxylic acids is 1. The lowest BCUT2D eigenvalue weighted by Crippen LogP contribution is -2.47. The summed E-state index contributed by atoms with van der Waals surface area (Å²) >= 11 is 5.92. The van der Waals surface area contributed by atoms with Gasteiger partial charge >= 0.3 is 12.0 Å². The van der Waals surface area contributed by atoms with E-state index in [2.05, 4.69) is 5.32 Å². The van der Waals surface area contributed by atoms with E-state index in [9.17, 15) is 9.59 Å². The minimum absolute atomic E-state index is 0.169. The zero-order chi connectivity index (χ0) is 15.9. The van der Waals surface area contributed by atoms with E-state index in [4.69, 9.17) is 16.7 Å². The van der Waals surface area contributed by atoms with E-state index in [0.29, 0.717) is 26.1 Å². The highest BCUT2D eigenvalue weighted by Crippen LogP contribution is 2.16. The Morgan fingerprint density at radius 1 is 1.41 bits per heavy atom. The molecule has 120 valence electrons. The number of carbonyl (C=O) groups is 2. The van der Waals surface area contributed by atoms with E-state index in [1.165, 1.54) is 0 Å². The molecular formula is C16H21ClN2O3. The fourth-order valence-corrected chi connectivity index (χ4v) is 2.87. The number of nitrogens with one attached hydrogen (secondary N) is 1. The van der Waals surface area contributed by atoms with Crippen molar-refractivity contribution in [3.63, 3.8) is 0 Å². The molecule has 0 aliphatic carbocycles. The number of hydrogen-bond acceptors (Lipinski definition) is 2. The highest BCUT2D eigenvalue weighted by atomic mass is 35.5. The van der Waals surface area contributed by atoms with Gasteiger partial charge in [0.05, 0.1) is 5.92 Å². The van der Waals surface area contributed by atoms with Crippen LogP contribution < -0.4 is 5.32 Å². The van der Waals surface area contributed by atoms with Gasteiger partial charge in [0.1, 0.15) is 0 Å². The number of benzene rings is 1. The van der Waals surface area contributed by atoms with Crippen LogP contribution in [0.15, 0.2) is 24.3 Å². The van der Waals surface area contributed by atoms with Gasteiger partial charge in [0.2, 0.25) is 0 Å². The van der Waals surface area contributed by atoms with Gasteiger partial charge in [0.25, 0.3) is 0 Å². The van der Waals surface area contributed by atoms with Crippen LogP contribution in [0.5, 0.6) is 0 Å². The van der Waals surface area contributed by atoms with Gasteiger partial charge in [0.15, 0.2) is 0 Å². The predicted octanol–water partition coefficient (Wildman–Crippen LogP) is 2.78. The number of piperidine rings is 1. The monoisotopic (exact) mass is 324 g/mol. The molecule has 0 spiro atoms. The number of rotatable bonds is 5. The Morgan fingerprint density at radius 2 is 2.23 bits per heavy atom. The summed E-state index contributed by atoms with van der Waals surface area (Å²) in [6.07, 6.45) is 3.06. The van der Waals surface area contributed by atoms with Crippen molar-refractivity contribution in [1.29, 1.82) is 0 Å².